The number of phenolic OH excluding ortho intramolecular Hbond substituents is 1. The number of nitrogens with zero attached hydrogens (tertiary/aromatic N) is 2. The van der Waals surface area contributed by atoms with E-state index in [4.69, 9.17) is 15.5 Å². The Bertz CT molecular complexity index is 1670. The summed E-state index contributed by atoms with van der Waals surface area (Å²) in [7, 11) is 0. The molecular formula is C37H44N4O6. The number of nitrogens with one attached hydrogen (secondary N) is 1. The Kier molecular flexibility index (Phi) is 10.1. The van der Waals surface area contributed by atoms with Crippen molar-refractivity contribution in [1.82, 2.24) is 10.2 Å². The fraction of sp³-hybridized carbons (Fsp3) is 0.459. The summed E-state index contributed by atoms with van der Waals surface area (Å²) in [6.45, 7) is 3.24. The van der Waals surface area contributed by atoms with Crippen molar-refractivity contribution in [2.45, 2.75) is 95.4 Å². The molecule has 0 saturated heterocycles. The minimum Gasteiger partial charge on any atom is -0.504 e. The van der Waals surface area contributed by atoms with Crippen molar-refractivity contribution < 1.29 is 30.0 Å². The van der Waals surface area contributed by atoms with Gasteiger partial charge in [-0.15, -0.1) is 0 Å². The monoisotopic (exact) mass is 640 g/mol. The van der Waals surface area contributed by atoms with Gasteiger partial charge in [-0.1, -0.05) is 43.4 Å². The van der Waals surface area contributed by atoms with Gasteiger partial charge in [0.25, 0.3) is 0 Å². The SMILES string of the molecule is CCCC(O)CC(O)CC(=O)CCc1ccc(O)c(OC2CC#CC(O)c3ccc4c(c3CC3=CN=C5CN2C=C35)CCNC4N)c1. The molecule has 248 valence electrons. The summed E-state index contributed by atoms with van der Waals surface area (Å²) in [4.78, 5) is 19.3. The Morgan fingerprint density at radius 3 is 2.85 bits per heavy atom. The molecule has 5 unspecified atom stereocenters. The van der Waals surface area contributed by atoms with E-state index in [1.165, 1.54) is 0 Å². The van der Waals surface area contributed by atoms with Gasteiger partial charge in [0.1, 0.15) is 11.9 Å². The maximum atomic E-state index is 12.6. The highest BCUT2D eigenvalue weighted by molar-refractivity contribution is 6.09. The van der Waals surface area contributed by atoms with Crippen molar-refractivity contribution >= 4 is 11.5 Å². The van der Waals surface area contributed by atoms with Crippen molar-refractivity contribution in [1.29, 1.82) is 0 Å². The van der Waals surface area contributed by atoms with Gasteiger partial charge in [0.05, 0.1) is 37.1 Å². The standard InChI is InChI=1S/C37H44N4O6/c1-2-4-24(42)17-26(44)18-25(43)9-7-22-8-12-34(46)35(15-22)47-36-6-3-5-33(45)28-10-11-29-27(13-14-39-37(29)38)30(28)16-23-19-40-32-21-41(36)20-31(23)32/h8,10-12,15,19-20,24,26,33,36-37,39,42,44-46H,2,4,6-7,9,13-14,16-18,21,38H2,1H3. The van der Waals surface area contributed by atoms with E-state index in [0.717, 1.165) is 64.1 Å². The molecule has 0 spiro atoms. The van der Waals surface area contributed by atoms with E-state index in [9.17, 15) is 25.2 Å². The van der Waals surface area contributed by atoms with Crippen LogP contribution < -0.4 is 15.8 Å². The number of benzene rings is 2. The highest BCUT2D eigenvalue weighted by Gasteiger charge is 2.33. The summed E-state index contributed by atoms with van der Waals surface area (Å²) in [6, 6.07) is 8.95. The molecule has 0 fully saturated rings. The third kappa shape index (κ3) is 7.45. The lowest BCUT2D eigenvalue weighted by Crippen LogP contribution is -2.36. The Hall–Kier alpha value is -3.98. The Balaban J connectivity index is 1.19. The van der Waals surface area contributed by atoms with E-state index in [2.05, 4.69) is 17.2 Å². The van der Waals surface area contributed by atoms with E-state index in [1.807, 2.05) is 36.4 Å². The van der Waals surface area contributed by atoms with Crippen LogP contribution in [-0.4, -0.2) is 68.3 Å². The fourth-order valence-corrected chi connectivity index (χ4v) is 6.91. The van der Waals surface area contributed by atoms with Crippen molar-refractivity contribution in [3.63, 3.8) is 0 Å². The van der Waals surface area contributed by atoms with Crippen LogP contribution in [0, 0.1) is 11.8 Å². The largest absolute Gasteiger partial charge is 0.504 e. The van der Waals surface area contributed by atoms with E-state index in [0.29, 0.717) is 25.8 Å². The molecule has 0 aromatic heterocycles. The first kappa shape index (κ1) is 32.9. The summed E-state index contributed by atoms with van der Waals surface area (Å²) < 4.78 is 6.40. The molecule has 0 radical (unpaired) electrons. The van der Waals surface area contributed by atoms with E-state index in [1.54, 1.807) is 18.2 Å². The maximum Gasteiger partial charge on any atom is 0.183 e. The first-order valence-electron chi connectivity index (χ1n) is 16.6. The minimum absolute atomic E-state index is 0.00352. The number of Topliss-reactive ketones (excluding diaryl/α,β-unsaturated/α-hetero) is 1. The second-order valence-electron chi connectivity index (χ2n) is 12.9. The lowest BCUT2D eigenvalue weighted by molar-refractivity contribution is -0.121. The van der Waals surface area contributed by atoms with Crippen LogP contribution in [0.2, 0.25) is 0 Å². The van der Waals surface area contributed by atoms with Crippen molar-refractivity contribution in [3.8, 4) is 23.3 Å². The van der Waals surface area contributed by atoms with Crippen molar-refractivity contribution in [2.75, 3.05) is 13.1 Å². The molecule has 7 N–H and O–H groups in total. The van der Waals surface area contributed by atoms with Gasteiger partial charge < -0.3 is 35.8 Å². The first-order valence-corrected chi connectivity index (χ1v) is 16.6. The zero-order chi connectivity index (χ0) is 33.1. The smallest absolute Gasteiger partial charge is 0.183 e. The van der Waals surface area contributed by atoms with Crippen LogP contribution in [0.25, 0.3) is 0 Å². The number of ketones is 1. The second-order valence-corrected chi connectivity index (χ2v) is 12.9. The van der Waals surface area contributed by atoms with Crippen LogP contribution in [0.15, 0.2) is 58.9 Å². The Morgan fingerprint density at radius 2 is 2.02 bits per heavy atom. The van der Waals surface area contributed by atoms with E-state index >= 15 is 0 Å². The number of nitrogens with two attached hydrogens (primary N) is 1. The Morgan fingerprint density at radius 1 is 1.19 bits per heavy atom. The predicted octanol–water partition coefficient (Wildman–Crippen LogP) is 3.23. The number of rotatable bonds is 11. The van der Waals surface area contributed by atoms with Gasteiger partial charge in [-0.25, -0.2) is 0 Å². The lowest BCUT2D eigenvalue weighted by Gasteiger charge is -2.29. The molecule has 4 aliphatic rings. The number of phenols is 1. The fourth-order valence-electron chi connectivity index (χ4n) is 6.91. The molecular weight excluding hydrogens is 596 g/mol. The number of aliphatic hydroxyl groups excluding tert-OH is 3. The summed E-state index contributed by atoms with van der Waals surface area (Å²) >= 11 is 0. The molecule has 6 rings (SSSR count). The van der Waals surface area contributed by atoms with Gasteiger partial charge in [0.15, 0.2) is 17.7 Å². The molecule has 0 saturated carbocycles. The number of aliphatic hydroxyl groups is 3. The molecule has 47 heavy (non-hydrogen) atoms. The molecule has 4 aliphatic heterocycles. The number of ether oxygens (including phenoxy) is 1. The van der Waals surface area contributed by atoms with Crippen molar-refractivity contribution in [3.05, 3.63) is 81.7 Å². The van der Waals surface area contributed by atoms with Crippen LogP contribution in [0.4, 0.5) is 0 Å². The van der Waals surface area contributed by atoms with Crippen LogP contribution in [0.1, 0.15) is 85.5 Å². The van der Waals surface area contributed by atoms with Gasteiger partial charge in [0.2, 0.25) is 0 Å². The topological polar surface area (TPSA) is 161 Å². The van der Waals surface area contributed by atoms with Gasteiger partial charge in [0, 0.05) is 43.8 Å². The number of aliphatic imine (C=N–C) groups is 1. The van der Waals surface area contributed by atoms with Gasteiger partial charge >= 0.3 is 0 Å². The van der Waals surface area contributed by atoms with Gasteiger partial charge in [-0.05, 0) is 71.2 Å². The number of hydrogen-bond acceptors (Lipinski definition) is 10. The first-order chi connectivity index (χ1) is 22.7. The zero-order valence-corrected chi connectivity index (χ0v) is 26.8. The summed E-state index contributed by atoms with van der Waals surface area (Å²) in [5, 5.41) is 45.5. The van der Waals surface area contributed by atoms with E-state index < -0.39 is 24.5 Å². The summed E-state index contributed by atoms with van der Waals surface area (Å²) in [5.74, 6) is 6.32. The molecule has 10 heteroatoms. The molecule has 5 atom stereocenters. The van der Waals surface area contributed by atoms with Crippen LogP contribution in [-0.2, 0) is 24.1 Å². The van der Waals surface area contributed by atoms with Crippen LogP contribution in [0.3, 0.4) is 0 Å². The molecule has 0 aliphatic carbocycles. The van der Waals surface area contributed by atoms with Crippen molar-refractivity contribution in [2.24, 2.45) is 10.7 Å². The molecule has 0 amide bonds. The third-order valence-corrected chi connectivity index (χ3v) is 9.39. The summed E-state index contributed by atoms with van der Waals surface area (Å²) in [6.07, 6.45) is 4.56. The molecule has 4 heterocycles. The van der Waals surface area contributed by atoms with Crippen LogP contribution >= 0.6 is 0 Å². The number of hydrogen-bond donors (Lipinski definition) is 6. The van der Waals surface area contributed by atoms with Gasteiger partial charge in [-0.2, -0.15) is 0 Å². The van der Waals surface area contributed by atoms with E-state index in [-0.39, 0.29) is 49.1 Å². The number of aryl methyl sites for hydroxylation is 1. The number of aromatic hydroxyl groups is 1. The molecule has 2 aromatic rings. The quantitative estimate of drug-likeness (QED) is 0.203. The number of allylic oxidation sites excluding steroid dienone is 1. The second kappa shape index (κ2) is 14.4. The normalized spacial score (nSPS) is 22.7. The number of fused-ring (bicyclic) bond motifs is 4. The Labute approximate surface area is 275 Å². The third-order valence-electron chi connectivity index (χ3n) is 9.39. The molecule has 2 bridgehead atoms. The minimum atomic E-state index is -0.992. The van der Waals surface area contributed by atoms with Crippen LogP contribution in [0.5, 0.6) is 11.5 Å². The number of carbonyl (C=O) groups excluding carboxylic acids is 1. The zero-order valence-electron chi connectivity index (χ0n) is 26.8. The average Bonchev–Trinajstić information content (AvgIpc) is 3.62. The maximum absolute atomic E-state index is 12.6. The average molecular weight is 641 g/mol. The lowest BCUT2D eigenvalue weighted by atomic mass is 9.84. The molecule has 10 nitrogen and oxygen atoms in total. The number of carbonyl (C=O) groups is 1. The van der Waals surface area contributed by atoms with Gasteiger partial charge in [-0.3, -0.25) is 15.1 Å². The highest BCUT2D eigenvalue weighted by atomic mass is 16.5. The predicted molar refractivity (Wildman–Crippen MR) is 178 cm³/mol. The highest BCUT2D eigenvalue weighted by Crippen LogP contribution is 2.37. The summed E-state index contributed by atoms with van der Waals surface area (Å²) in [5.41, 5.74) is 14.2. The molecule has 2 aromatic carbocycles.